The summed E-state index contributed by atoms with van der Waals surface area (Å²) in [4.78, 5) is 3.64. The van der Waals surface area contributed by atoms with Crippen LogP contribution >= 0.6 is 11.6 Å². The minimum Gasteiger partial charge on any atom is -0.473 e. The Hall–Kier alpha value is -2.19. The van der Waals surface area contributed by atoms with Crippen molar-refractivity contribution in [3.8, 4) is 11.9 Å². The summed E-state index contributed by atoms with van der Waals surface area (Å²) in [6.07, 6.45) is 0. The van der Waals surface area contributed by atoms with Crippen LogP contribution < -0.4 is 4.74 Å². The molecule has 0 saturated heterocycles. The highest BCUT2D eigenvalue weighted by atomic mass is 35.5. The van der Waals surface area contributed by atoms with Crippen LogP contribution in [0.4, 0.5) is 8.78 Å². The third-order valence-electron chi connectivity index (χ3n) is 2.34. The molecule has 0 saturated carbocycles. The van der Waals surface area contributed by atoms with E-state index in [0.717, 1.165) is 12.1 Å². The molecule has 0 unspecified atom stereocenters. The number of hydrogen-bond donors (Lipinski definition) is 0. The van der Waals surface area contributed by atoms with Gasteiger partial charge in [-0.1, -0.05) is 17.7 Å². The number of pyridine rings is 1. The number of rotatable bonds is 3. The van der Waals surface area contributed by atoms with Crippen molar-refractivity contribution in [2.45, 2.75) is 6.61 Å². The maximum absolute atomic E-state index is 13.5. The molecule has 0 bridgehead atoms. The van der Waals surface area contributed by atoms with Gasteiger partial charge in [0.15, 0.2) is 11.0 Å². The van der Waals surface area contributed by atoms with Crippen molar-refractivity contribution in [3.05, 3.63) is 58.2 Å². The van der Waals surface area contributed by atoms with E-state index in [0.29, 0.717) is 0 Å². The van der Waals surface area contributed by atoms with E-state index in [1.165, 1.54) is 18.2 Å². The Bertz CT molecular complexity index is 656. The topological polar surface area (TPSA) is 45.9 Å². The van der Waals surface area contributed by atoms with Crippen molar-refractivity contribution in [1.29, 1.82) is 5.26 Å². The van der Waals surface area contributed by atoms with Crippen molar-refractivity contribution in [2.24, 2.45) is 0 Å². The first-order valence-electron chi connectivity index (χ1n) is 5.23. The van der Waals surface area contributed by atoms with Gasteiger partial charge in [0, 0.05) is 11.6 Å². The van der Waals surface area contributed by atoms with Crippen LogP contribution in [-0.4, -0.2) is 4.98 Å². The van der Waals surface area contributed by atoms with E-state index in [4.69, 9.17) is 21.6 Å². The largest absolute Gasteiger partial charge is 0.473 e. The zero-order valence-electron chi connectivity index (χ0n) is 9.53. The van der Waals surface area contributed by atoms with Crippen LogP contribution in [0.3, 0.4) is 0 Å². The smallest absolute Gasteiger partial charge is 0.215 e. The Morgan fingerprint density at radius 3 is 2.63 bits per heavy atom. The summed E-state index contributed by atoms with van der Waals surface area (Å²) >= 11 is 5.49. The average Bonchev–Trinajstić information content (AvgIpc) is 2.41. The summed E-state index contributed by atoms with van der Waals surface area (Å²) in [5.41, 5.74) is 0.491. The molecule has 1 heterocycles. The van der Waals surface area contributed by atoms with Crippen LogP contribution in [0, 0.1) is 23.0 Å². The van der Waals surface area contributed by atoms with Crippen molar-refractivity contribution >= 4 is 11.6 Å². The average molecular weight is 281 g/mol. The first-order chi connectivity index (χ1) is 9.10. The summed E-state index contributed by atoms with van der Waals surface area (Å²) in [7, 11) is 0. The van der Waals surface area contributed by atoms with Gasteiger partial charge < -0.3 is 4.74 Å². The molecule has 19 heavy (non-hydrogen) atoms. The van der Waals surface area contributed by atoms with Gasteiger partial charge in [-0.3, -0.25) is 0 Å². The van der Waals surface area contributed by atoms with Gasteiger partial charge in [-0.2, -0.15) is 10.2 Å². The van der Waals surface area contributed by atoms with Gasteiger partial charge in [-0.05, 0) is 18.2 Å². The Morgan fingerprint density at radius 2 is 2.00 bits per heavy atom. The van der Waals surface area contributed by atoms with Crippen LogP contribution in [0.2, 0.25) is 5.15 Å². The van der Waals surface area contributed by atoms with Crippen LogP contribution in [0.5, 0.6) is 5.88 Å². The Kier molecular flexibility index (Phi) is 3.93. The monoisotopic (exact) mass is 280 g/mol. The zero-order chi connectivity index (χ0) is 13.8. The molecule has 0 atom stereocenters. The molecule has 1 aromatic heterocycles. The SMILES string of the molecule is N#Cc1ccc(COc2ccc(F)c(Cl)n2)c(F)c1. The summed E-state index contributed by atoms with van der Waals surface area (Å²) in [6, 6.07) is 8.27. The Balaban J connectivity index is 2.10. The molecule has 6 heteroatoms. The fraction of sp³-hybridized carbons (Fsp3) is 0.0769. The van der Waals surface area contributed by atoms with Gasteiger partial charge in [0.2, 0.25) is 5.88 Å². The van der Waals surface area contributed by atoms with Gasteiger partial charge in [-0.25, -0.2) is 8.78 Å². The van der Waals surface area contributed by atoms with Crippen molar-refractivity contribution in [2.75, 3.05) is 0 Å². The quantitative estimate of drug-likeness (QED) is 0.809. The molecule has 0 aliphatic rings. The molecule has 96 valence electrons. The summed E-state index contributed by atoms with van der Waals surface area (Å²) in [6.45, 7) is -0.0908. The van der Waals surface area contributed by atoms with E-state index in [1.54, 1.807) is 0 Å². The molecular formula is C13H7ClF2N2O. The van der Waals surface area contributed by atoms with E-state index in [1.807, 2.05) is 6.07 Å². The number of halogens is 3. The fourth-order valence-corrected chi connectivity index (χ4v) is 1.51. The van der Waals surface area contributed by atoms with Gasteiger partial charge in [0.25, 0.3) is 0 Å². The second-order valence-corrected chi connectivity index (χ2v) is 3.99. The first-order valence-corrected chi connectivity index (χ1v) is 5.61. The van der Waals surface area contributed by atoms with Crippen molar-refractivity contribution < 1.29 is 13.5 Å². The number of nitriles is 1. The molecule has 0 fully saturated rings. The third-order valence-corrected chi connectivity index (χ3v) is 2.60. The lowest BCUT2D eigenvalue weighted by Crippen LogP contribution is -2.00. The third kappa shape index (κ3) is 3.18. The molecule has 0 amide bonds. The second-order valence-electron chi connectivity index (χ2n) is 3.63. The predicted octanol–water partition coefficient (Wildman–Crippen LogP) is 3.46. The molecule has 0 aliphatic carbocycles. The molecular weight excluding hydrogens is 274 g/mol. The number of nitrogens with zero attached hydrogens (tertiary/aromatic N) is 2. The van der Waals surface area contributed by atoms with Crippen LogP contribution in [-0.2, 0) is 6.61 Å². The van der Waals surface area contributed by atoms with Crippen LogP contribution in [0.1, 0.15) is 11.1 Å². The van der Waals surface area contributed by atoms with Crippen LogP contribution in [0.15, 0.2) is 30.3 Å². The summed E-state index contributed by atoms with van der Waals surface area (Å²) in [5.74, 6) is -1.11. The molecule has 0 aliphatic heterocycles. The Labute approximate surface area is 113 Å². The molecule has 0 N–H and O–H groups in total. The van der Waals surface area contributed by atoms with Gasteiger partial charge in [-0.15, -0.1) is 0 Å². The van der Waals surface area contributed by atoms with E-state index in [-0.39, 0.29) is 28.8 Å². The lowest BCUT2D eigenvalue weighted by molar-refractivity contribution is 0.287. The highest BCUT2D eigenvalue weighted by Crippen LogP contribution is 2.18. The van der Waals surface area contributed by atoms with E-state index in [9.17, 15) is 8.78 Å². The first kappa shape index (κ1) is 13.2. The fourth-order valence-electron chi connectivity index (χ4n) is 1.37. The normalized spacial score (nSPS) is 10.0. The summed E-state index contributed by atoms with van der Waals surface area (Å²) in [5, 5.41) is 8.30. The zero-order valence-corrected chi connectivity index (χ0v) is 10.3. The van der Waals surface area contributed by atoms with Crippen molar-refractivity contribution in [3.63, 3.8) is 0 Å². The van der Waals surface area contributed by atoms with Gasteiger partial charge in [0.1, 0.15) is 12.4 Å². The number of aromatic nitrogens is 1. The highest BCUT2D eigenvalue weighted by molar-refractivity contribution is 6.29. The molecule has 2 rings (SSSR count). The number of hydrogen-bond acceptors (Lipinski definition) is 3. The van der Waals surface area contributed by atoms with Crippen LogP contribution in [0.25, 0.3) is 0 Å². The predicted molar refractivity (Wildman–Crippen MR) is 64.7 cm³/mol. The minimum atomic E-state index is -0.654. The number of benzene rings is 1. The van der Waals surface area contributed by atoms with Gasteiger partial charge in [0.05, 0.1) is 11.6 Å². The minimum absolute atomic E-state index is 0.0908. The van der Waals surface area contributed by atoms with E-state index < -0.39 is 11.6 Å². The van der Waals surface area contributed by atoms with E-state index in [2.05, 4.69) is 4.98 Å². The molecule has 1 aromatic carbocycles. The van der Waals surface area contributed by atoms with E-state index >= 15 is 0 Å². The van der Waals surface area contributed by atoms with Crippen molar-refractivity contribution in [1.82, 2.24) is 4.98 Å². The lowest BCUT2D eigenvalue weighted by Gasteiger charge is -2.06. The van der Waals surface area contributed by atoms with Gasteiger partial charge >= 0.3 is 0 Å². The number of ether oxygens (including phenoxy) is 1. The summed E-state index contributed by atoms with van der Waals surface area (Å²) < 4.78 is 31.6. The maximum Gasteiger partial charge on any atom is 0.215 e. The molecule has 0 spiro atoms. The Morgan fingerprint density at radius 1 is 1.21 bits per heavy atom. The second kappa shape index (κ2) is 5.63. The molecule has 3 nitrogen and oxygen atoms in total. The molecule has 0 radical (unpaired) electrons. The lowest BCUT2D eigenvalue weighted by atomic mass is 10.1. The highest BCUT2D eigenvalue weighted by Gasteiger charge is 2.07. The molecule has 2 aromatic rings. The maximum atomic E-state index is 13.5. The standard InChI is InChI=1S/C13H7ClF2N2O/c14-13-10(15)3-4-12(18-13)19-7-9-2-1-8(6-17)5-11(9)16/h1-5H,7H2.